The van der Waals surface area contributed by atoms with Gasteiger partial charge in [0.05, 0.1) is 0 Å². The first-order chi connectivity index (χ1) is 8.55. The number of hydrogen-bond donors (Lipinski definition) is 2. The van der Waals surface area contributed by atoms with Crippen molar-refractivity contribution in [1.29, 1.82) is 0 Å². The van der Waals surface area contributed by atoms with Crippen molar-refractivity contribution in [2.45, 2.75) is 77.3 Å². The van der Waals surface area contributed by atoms with Gasteiger partial charge < -0.3 is 10.6 Å². The molecule has 0 unspecified atom stereocenters. The Morgan fingerprint density at radius 3 is 2.39 bits per heavy atom. The molecule has 0 aromatic rings. The average molecular weight is 252 g/mol. The highest BCUT2D eigenvalue weighted by atomic mass is 16.1. The zero-order valence-corrected chi connectivity index (χ0v) is 11.9. The molecule has 3 heteroatoms. The standard InChI is InChI=1S/C15H28N2O/c1-15(2)9-7-12(8-10-15)16-11-3-4-14(18)17-13-5-6-13/h12-13,16H,3-11H2,1-2H3,(H,17,18). The minimum Gasteiger partial charge on any atom is -0.353 e. The molecule has 1 amide bonds. The van der Waals surface area contributed by atoms with Gasteiger partial charge >= 0.3 is 0 Å². The monoisotopic (exact) mass is 252 g/mol. The van der Waals surface area contributed by atoms with E-state index < -0.39 is 0 Å². The molecule has 0 spiro atoms. The average Bonchev–Trinajstić information content (AvgIpc) is 3.10. The highest BCUT2D eigenvalue weighted by molar-refractivity contribution is 5.76. The van der Waals surface area contributed by atoms with Crippen LogP contribution in [0.1, 0.15) is 65.2 Å². The number of nitrogens with one attached hydrogen (secondary N) is 2. The summed E-state index contributed by atoms with van der Waals surface area (Å²) < 4.78 is 0. The molecule has 0 aliphatic heterocycles. The van der Waals surface area contributed by atoms with Gasteiger partial charge in [-0.2, -0.15) is 0 Å². The highest BCUT2D eigenvalue weighted by Crippen LogP contribution is 2.34. The van der Waals surface area contributed by atoms with E-state index in [2.05, 4.69) is 24.5 Å². The first-order valence-corrected chi connectivity index (χ1v) is 7.58. The van der Waals surface area contributed by atoms with Crippen molar-refractivity contribution in [2.24, 2.45) is 5.41 Å². The summed E-state index contributed by atoms with van der Waals surface area (Å²) in [6.07, 6.45) is 9.26. The molecule has 0 aromatic carbocycles. The lowest BCUT2D eigenvalue weighted by molar-refractivity contribution is -0.121. The lowest BCUT2D eigenvalue weighted by Crippen LogP contribution is -2.36. The summed E-state index contributed by atoms with van der Waals surface area (Å²) in [6, 6.07) is 1.19. The van der Waals surface area contributed by atoms with Crippen molar-refractivity contribution < 1.29 is 4.79 Å². The van der Waals surface area contributed by atoms with E-state index in [-0.39, 0.29) is 5.91 Å². The molecule has 0 radical (unpaired) electrons. The molecule has 3 nitrogen and oxygen atoms in total. The Morgan fingerprint density at radius 2 is 1.78 bits per heavy atom. The van der Waals surface area contributed by atoms with E-state index in [0.717, 1.165) is 13.0 Å². The second-order valence-corrected chi connectivity index (χ2v) is 6.84. The summed E-state index contributed by atoms with van der Waals surface area (Å²) in [5.41, 5.74) is 0.544. The van der Waals surface area contributed by atoms with E-state index in [4.69, 9.17) is 0 Å². The Labute approximate surface area is 111 Å². The largest absolute Gasteiger partial charge is 0.353 e. The summed E-state index contributed by atoms with van der Waals surface area (Å²) in [7, 11) is 0. The van der Waals surface area contributed by atoms with Crippen LogP contribution in [0.5, 0.6) is 0 Å². The Morgan fingerprint density at radius 1 is 1.11 bits per heavy atom. The van der Waals surface area contributed by atoms with Gasteiger partial charge in [0.1, 0.15) is 0 Å². The van der Waals surface area contributed by atoms with Crippen LogP contribution < -0.4 is 10.6 Å². The van der Waals surface area contributed by atoms with Gasteiger partial charge in [-0.1, -0.05) is 13.8 Å². The van der Waals surface area contributed by atoms with E-state index in [1.165, 1.54) is 38.5 Å². The van der Waals surface area contributed by atoms with Crippen LogP contribution in [-0.4, -0.2) is 24.5 Å². The molecule has 0 atom stereocenters. The zero-order chi connectivity index (χ0) is 13.0. The van der Waals surface area contributed by atoms with Crippen molar-refractivity contribution >= 4 is 5.91 Å². The fourth-order valence-electron chi connectivity index (χ4n) is 2.69. The smallest absolute Gasteiger partial charge is 0.220 e. The fraction of sp³-hybridized carbons (Fsp3) is 0.933. The van der Waals surface area contributed by atoms with Gasteiger partial charge in [0, 0.05) is 18.5 Å². The van der Waals surface area contributed by atoms with Crippen LogP contribution in [0.4, 0.5) is 0 Å². The van der Waals surface area contributed by atoms with Gasteiger partial charge in [0.25, 0.3) is 0 Å². The molecule has 0 aromatic heterocycles. The second-order valence-electron chi connectivity index (χ2n) is 6.84. The predicted octanol–water partition coefficient (Wildman–Crippen LogP) is 2.60. The van der Waals surface area contributed by atoms with Crippen molar-refractivity contribution in [2.75, 3.05) is 6.54 Å². The van der Waals surface area contributed by atoms with Crippen LogP contribution in [0.2, 0.25) is 0 Å². The van der Waals surface area contributed by atoms with Crippen LogP contribution in [0.15, 0.2) is 0 Å². The number of rotatable bonds is 6. The Balaban J connectivity index is 1.49. The van der Waals surface area contributed by atoms with E-state index in [1.807, 2.05) is 0 Å². The third-order valence-corrected chi connectivity index (χ3v) is 4.30. The number of carbonyl (C=O) groups is 1. The molecule has 0 saturated heterocycles. The molecular weight excluding hydrogens is 224 g/mol. The first kappa shape index (κ1) is 13.9. The van der Waals surface area contributed by atoms with Gasteiger partial charge in [-0.05, 0) is 56.9 Å². The van der Waals surface area contributed by atoms with Gasteiger partial charge in [-0.3, -0.25) is 4.79 Å². The highest BCUT2D eigenvalue weighted by Gasteiger charge is 2.26. The predicted molar refractivity (Wildman–Crippen MR) is 74.4 cm³/mol. The van der Waals surface area contributed by atoms with Crippen molar-refractivity contribution in [1.82, 2.24) is 10.6 Å². The van der Waals surface area contributed by atoms with E-state index in [9.17, 15) is 4.79 Å². The molecule has 2 fully saturated rings. The van der Waals surface area contributed by atoms with Crippen LogP contribution in [-0.2, 0) is 4.79 Å². The first-order valence-electron chi connectivity index (χ1n) is 7.58. The second kappa shape index (κ2) is 6.05. The molecule has 2 N–H and O–H groups in total. The number of carbonyl (C=O) groups excluding carboxylic acids is 1. The summed E-state index contributed by atoms with van der Waals surface area (Å²) in [6.45, 7) is 5.72. The molecule has 2 aliphatic carbocycles. The van der Waals surface area contributed by atoms with Gasteiger partial charge in [-0.25, -0.2) is 0 Å². The molecule has 0 heterocycles. The van der Waals surface area contributed by atoms with Crippen LogP contribution in [0.3, 0.4) is 0 Å². The quantitative estimate of drug-likeness (QED) is 0.713. The van der Waals surface area contributed by atoms with E-state index in [1.54, 1.807) is 0 Å². The topological polar surface area (TPSA) is 41.1 Å². The van der Waals surface area contributed by atoms with Crippen LogP contribution in [0, 0.1) is 5.41 Å². The van der Waals surface area contributed by atoms with Crippen molar-refractivity contribution in [3.8, 4) is 0 Å². The van der Waals surface area contributed by atoms with Gasteiger partial charge in [-0.15, -0.1) is 0 Å². The SMILES string of the molecule is CC1(C)CCC(NCCCC(=O)NC2CC2)CC1. The van der Waals surface area contributed by atoms with Crippen molar-refractivity contribution in [3.63, 3.8) is 0 Å². The minimum absolute atomic E-state index is 0.240. The van der Waals surface area contributed by atoms with Gasteiger partial charge in [0.2, 0.25) is 5.91 Å². The summed E-state index contributed by atoms with van der Waals surface area (Å²) in [5.74, 6) is 0.240. The molecule has 0 bridgehead atoms. The lowest BCUT2D eigenvalue weighted by atomic mass is 9.75. The molecule has 2 rings (SSSR count). The molecule has 2 saturated carbocycles. The molecular formula is C15H28N2O. The Kier molecular flexibility index (Phi) is 4.66. The maximum Gasteiger partial charge on any atom is 0.220 e. The molecule has 18 heavy (non-hydrogen) atoms. The number of amides is 1. The maximum atomic E-state index is 11.5. The van der Waals surface area contributed by atoms with Crippen LogP contribution in [0.25, 0.3) is 0 Å². The minimum atomic E-state index is 0.240. The normalized spacial score (nSPS) is 23.9. The summed E-state index contributed by atoms with van der Waals surface area (Å²) in [5, 5.41) is 6.64. The Hall–Kier alpha value is -0.570. The van der Waals surface area contributed by atoms with Crippen molar-refractivity contribution in [3.05, 3.63) is 0 Å². The van der Waals surface area contributed by atoms with E-state index >= 15 is 0 Å². The van der Waals surface area contributed by atoms with E-state index in [0.29, 0.717) is 23.9 Å². The molecule has 104 valence electrons. The van der Waals surface area contributed by atoms with Crippen LogP contribution >= 0.6 is 0 Å². The lowest BCUT2D eigenvalue weighted by Gasteiger charge is -2.34. The fourth-order valence-corrected chi connectivity index (χ4v) is 2.69. The zero-order valence-electron chi connectivity index (χ0n) is 11.9. The summed E-state index contributed by atoms with van der Waals surface area (Å²) >= 11 is 0. The Bertz CT molecular complexity index is 274. The molecule has 2 aliphatic rings. The third kappa shape index (κ3) is 4.97. The maximum absolute atomic E-state index is 11.5. The summed E-state index contributed by atoms with van der Waals surface area (Å²) in [4.78, 5) is 11.5. The number of hydrogen-bond acceptors (Lipinski definition) is 2. The third-order valence-electron chi connectivity index (χ3n) is 4.30. The van der Waals surface area contributed by atoms with Gasteiger partial charge in [0.15, 0.2) is 0 Å².